The van der Waals surface area contributed by atoms with E-state index in [1.807, 2.05) is 0 Å². The number of hydrogen-bond donors (Lipinski definition) is 1. The highest BCUT2D eigenvalue weighted by molar-refractivity contribution is 5.12. The molecule has 0 fully saturated rings. The second-order valence-corrected chi connectivity index (χ2v) is 4.52. The van der Waals surface area contributed by atoms with Crippen LogP contribution >= 0.6 is 0 Å². The van der Waals surface area contributed by atoms with Crippen LogP contribution in [0.4, 0.5) is 4.39 Å². The van der Waals surface area contributed by atoms with E-state index < -0.39 is 5.60 Å². The van der Waals surface area contributed by atoms with E-state index in [1.165, 1.54) is 6.07 Å². The summed E-state index contributed by atoms with van der Waals surface area (Å²) in [5, 5.41) is 10.3. The Morgan fingerprint density at radius 3 is 2.44 bits per heavy atom. The van der Waals surface area contributed by atoms with Gasteiger partial charge in [-0.25, -0.2) is 4.39 Å². The minimum atomic E-state index is -0.968. The van der Waals surface area contributed by atoms with E-state index in [0.717, 1.165) is 19.0 Å². The fraction of sp³-hybridized carbons (Fsp3) is 0.615. The SMILES string of the molecule is CCC(CC)CC(C)(O)c1ccc(F)cn1. The first kappa shape index (κ1) is 13.1. The molecule has 0 aliphatic carbocycles. The molecule has 0 bridgehead atoms. The van der Waals surface area contributed by atoms with Gasteiger partial charge in [0, 0.05) is 0 Å². The molecule has 0 aliphatic heterocycles. The average Bonchev–Trinajstić information content (AvgIpc) is 2.26. The molecule has 1 rings (SSSR count). The van der Waals surface area contributed by atoms with Gasteiger partial charge in [-0.15, -0.1) is 0 Å². The number of aliphatic hydroxyl groups is 1. The van der Waals surface area contributed by atoms with Crippen molar-refractivity contribution in [3.63, 3.8) is 0 Å². The maximum atomic E-state index is 12.7. The molecule has 0 radical (unpaired) electrons. The first-order chi connectivity index (χ1) is 7.49. The van der Waals surface area contributed by atoms with Gasteiger partial charge in [0.25, 0.3) is 0 Å². The first-order valence-electron chi connectivity index (χ1n) is 5.84. The van der Waals surface area contributed by atoms with E-state index >= 15 is 0 Å². The lowest BCUT2D eigenvalue weighted by atomic mass is 9.86. The van der Waals surface area contributed by atoms with E-state index in [0.29, 0.717) is 18.0 Å². The van der Waals surface area contributed by atoms with Crippen molar-refractivity contribution >= 4 is 0 Å². The highest BCUT2D eigenvalue weighted by atomic mass is 19.1. The van der Waals surface area contributed by atoms with Gasteiger partial charge in [0.05, 0.1) is 11.9 Å². The van der Waals surface area contributed by atoms with Crippen molar-refractivity contribution in [2.24, 2.45) is 5.92 Å². The van der Waals surface area contributed by atoms with Crippen LogP contribution in [0.5, 0.6) is 0 Å². The van der Waals surface area contributed by atoms with E-state index in [4.69, 9.17) is 0 Å². The summed E-state index contributed by atoms with van der Waals surface area (Å²) in [6, 6.07) is 2.89. The highest BCUT2D eigenvalue weighted by Gasteiger charge is 2.27. The van der Waals surface area contributed by atoms with Crippen LogP contribution in [0.25, 0.3) is 0 Å². The fourth-order valence-corrected chi connectivity index (χ4v) is 1.94. The second-order valence-electron chi connectivity index (χ2n) is 4.52. The largest absolute Gasteiger partial charge is 0.384 e. The zero-order valence-electron chi connectivity index (χ0n) is 10.2. The van der Waals surface area contributed by atoms with Crippen molar-refractivity contribution < 1.29 is 9.50 Å². The minimum Gasteiger partial charge on any atom is -0.384 e. The molecule has 1 aromatic heterocycles. The third-order valence-electron chi connectivity index (χ3n) is 3.12. The Hall–Kier alpha value is -0.960. The van der Waals surface area contributed by atoms with Gasteiger partial charge in [0.2, 0.25) is 0 Å². The van der Waals surface area contributed by atoms with Crippen LogP contribution in [0.15, 0.2) is 18.3 Å². The Morgan fingerprint density at radius 2 is 2.00 bits per heavy atom. The zero-order valence-corrected chi connectivity index (χ0v) is 10.2. The summed E-state index contributed by atoms with van der Waals surface area (Å²) in [6.07, 6.45) is 3.89. The summed E-state index contributed by atoms with van der Waals surface area (Å²) in [4.78, 5) is 3.95. The van der Waals surface area contributed by atoms with E-state index in [1.54, 1.807) is 13.0 Å². The molecule has 2 nitrogen and oxygen atoms in total. The molecule has 1 N–H and O–H groups in total. The van der Waals surface area contributed by atoms with Crippen molar-refractivity contribution in [2.75, 3.05) is 0 Å². The topological polar surface area (TPSA) is 33.1 Å². The Labute approximate surface area is 96.5 Å². The summed E-state index contributed by atoms with van der Waals surface area (Å²) in [5.41, 5.74) is -0.425. The van der Waals surface area contributed by atoms with Gasteiger partial charge >= 0.3 is 0 Å². The quantitative estimate of drug-likeness (QED) is 0.834. The lowest BCUT2D eigenvalue weighted by Gasteiger charge is -2.27. The summed E-state index contributed by atoms with van der Waals surface area (Å²) in [7, 11) is 0. The van der Waals surface area contributed by atoms with Crippen LogP contribution in [-0.2, 0) is 5.60 Å². The lowest BCUT2D eigenvalue weighted by molar-refractivity contribution is 0.0243. The molecule has 1 heterocycles. The fourth-order valence-electron chi connectivity index (χ4n) is 1.94. The molecular formula is C13H20FNO. The lowest BCUT2D eigenvalue weighted by Crippen LogP contribution is -2.26. The van der Waals surface area contributed by atoms with E-state index in [-0.39, 0.29) is 5.82 Å². The highest BCUT2D eigenvalue weighted by Crippen LogP contribution is 2.29. The van der Waals surface area contributed by atoms with Gasteiger partial charge in [-0.05, 0) is 31.4 Å². The standard InChI is InChI=1S/C13H20FNO/c1-4-10(5-2)8-13(3,16)12-7-6-11(14)9-15-12/h6-7,9-10,16H,4-5,8H2,1-3H3. The predicted octanol–water partition coefficient (Wildman–Crippen LogP) is 3.25. The normalized spacial score (nSPS) is 15.1. The molecule has 90 valence electrons. The van der Waals surface area contributed by atoms with Gasteiger partial charge in [0.1, 0.15) is 11.4 Å². The Kier molecular flexibility index (Phi) is 4.42. The Morgan fingerprint density at radius 1 is 1.38 bits per heavy atom. The van der Waals surface area contributed by atoms with Crippen molar-refractivity contribution in [2.45, 2.75) is 45.6 Å². The number of aromatic nitrogens is 1. The zero-order chi connectivity index (χ0) is 12.2. The molecule has 1 aromatic rings. The maximum Gasteiger partial charge on any atom is 0.141 e. The molecule has 0 aromatic carbocycles. The van der Waals surface area contributed by atoms with Crippen molar-refractivity contribution in [3.8, 4) is 0 Å². The number of rotatable bonds is 5. The van der Waals surface area contributed by atoms with E-state index in [2.05, 4.69) is 18.8 Å². The monoisotopic (exact) mass is 225 g/mol. The number of halogens is 1. The Bertz CT molecular complexity index is 317. The summed E-state index contributed by atoms with van der Waals surface area (Å²) in [6.45, 7) is 5.97. The third-order valence-corrected chi connectivity index (χ3v) is 3.12. The van der Waals surface area contributed by atoms with Gasteiger partial charge in [0.15, 0.2) is 0 Å². The van der Waals surface area contributed by atoms with E-state index in [9.17, 15) is 9.50 Å². The molecule has 0 saturated carbocycles. The third kappa shape index (κ3) is 3.27. The molecule has 1 unspecified atom stereocenters. The second kappa shape index (κ2) is 5.39. The Balaban J connectivity index is 2.80. The van der Waals surface area contributed by atoms with Crippen LogP contribution in [0.2, 0.25) is 0 Å². The number of nitrogens with zero attached hydrogens (tertiary/aromatic N) is 1. The molecule has 16 heavy (non-hydrogen) atoms. The van der Waals surface area contributed by atoms with Crippen molar-refractivity contribution in [1.82, 2.24) is 4.98 Å². The van der Waals surface area contributed by atoms with Crippen LogP contribution in [-0.4, -0.2) is 10.1 Å². The van der Waals surface area contributed by atoms with Crippen LogP contribution < -0.4 is 0 Å². The van der Waals surface area contributed by atoms with Crippen LogP contribution in [0.3, 0.4) is 0 Å². The van der Waals surface area contributed by atoms with Gasteiger partial charge < -0.3 is 5.11 Å². The molecule has 1 atom stereocenters. The van der Waals surface area contributed by atoms with Gasteiger partial charge in [-0.3, -0.25) is 4.98 Å². The smallest absolute Gasteiger partial charge is 0.141 e. The predicted molar refractivity (Wildman–Crippen MR) is 62.5 cm³/mol. The minimum absolute atomic E-state index is 0.373. The molecule has 0 spiro atoms. The number of pyridine rings is 1. The number of hydrogen-bond acceptors (Lipinski definition) is 2. The first-order valence-corrected chi connectivity index (χ1v) is 5.84. The summed E-state index contributed by atoms with van der Waals surface area (Å²) < 4.78 is 12.7. The van der Waals surface area contributed by atoms with Crippen molar-refractivity contribution in [1.29, 1.82) is 0 Å². The average molecular weight is 225 g/mol. The molecule has 3 heteroatoms. The van der Waals surface area contributed by atoms with Gasteiger partial charge in [-0.1, -0.05) is 26.7 Å². The molecule has 0 amide bonds. The van der Waals surface area contributed by atoms with Crippen LogP contribution in [0, 0.1) is 11.7 Å². The summed E-state index contributed by atoms with van der Waals surface area (Å²) in [5.74, 6) is 0.101. The molecule has 0 aliphatic rings. The summed E-state index contributed by atoms with van der Waals surface area (Å²) >= 11 is 0. The maximum absolute atomic E-state index is 12.7. The van der Waals surface area contributed by atoms with Crippen molar-refractivity contribution in [3.05, 3.63) is 29.8 Å². The van der Waals surface area contributed by atoms with Crippen LogP contribution in [0.1, 0.15) is 45.7 Å². The van der Waals surface area contributed by atoms with Gasteiger partial charge in [-0.2, -0.15) is 0 Å². The molecular weight excluding hydrogens is 205 g/mol. The molecule has 0 saturated heterocycles.